The molecule has 1 saturated heterocycles. The molecule has 0 amide bonds. The van der Waals surface area contributed by atoms with Gasteiger partial charge in [-0.25, -0.2) is 0 Å². The first kappa shape index (κ1) is 13.7. The standard InChI is InChI=1S/C11H14N2O6/c14-8-5-19-11(10(16)9(8)15)12-6-2-1-3-7(4-6)13(17)18/h1-4,8-12,14-16H,5H2/t8-,9+,10-,11-/m1/s1. The number of aliphatic hydroxyl groups excluding tert-OH is 3. The van der Waals surface area contributed by atoms with Gasteiger partial charge in [-0.05, 0) is 6.07 Å². The fraction of sp³-hybridized carbons (Fsp3) is 0.455. The van der Waals surface area contributed by atoms with Gasteiger partial charge in [0.05, 0.1) is 11.5 Å². The molecule has 8 heteroatoms. The van der Waals surface area contributed by atoms with E-state index in [1.54, 1.807) is 6.07 Å². The predicted octanol–water partition coefficient (Wildman–Crippen LogP) is -0.554. The van der Waals surface area contributed by atoms with Gasteiger partial charge >= 0.3 is 0 Å². The molecule has 0 aliphatic carbocycles. The second-order valence-corrected chi connectivity index (χ2v) is 4.25. The molecule has 1 heterocycles. The maximum absolute atomic E-state index is 10.6. The number of nitro groups is 1. The molecule has 1 aromatic rings. The summed E-state index contributed by atoms with van der Waals surface area (Å²) in [5.74, 6) is 0. The summed E-state index contributed by atoms with van der Waals surface area (Å²) < 4.78 is 5.14. The number of hydrogen-bond acceptors (Lipinski definition) is 7. The van der Waals surface area contributed by atoms with Crippen molar-refractivity contribution in [2.45, 2.75) is 24.5 Å². The van der Waals surface area contributed by atoms with Crippen LogP contribution in [0.4, 0.5) is 11.4 Å². The third-order valence-electron chi connectivity index (χ3n) is 2.87. The summed E-state index contributed by atoms with van der Waals surface area (Å²) in [5, 5.41) is 41.9. The Morgan fingerprint density at radius 2 is 2.05 bits per heavy atom. The summed E-state index contributed by atoms with van der Waals surface area (Å²) in [4.78, 5) is 10.1. The normalized spacial score (nSPS) is 30.9. The Balaban J connectivity index is 2.09. The smallest absolute Gasteiger partial charge is 0.271 e. The third kappa shape index (κ3) is 2.99. The molecular formula is C11H14N2O6. The molecule has 1 aliphatic heterocycles. The van der Waals surface area contributed by atoms with Crippen molar-refractivity contribution >= 4 is 11.4 Å². The Bertz CT molecular complexity index is 468. The first-order chi connectivity index (χ1) is 8.99. The van der Waals surface area contributed by atoms with Crippen LogP contribution in [0.5, 0.6) is 0 Å². The van der Waals surface area contributed by atoms with Crippen molar-refractivity contribution in [2.24, 2.45) is 0 Å². The molecule has 1 aliphatic rings. The maximum Gasteiger partial charge on any atom is 0.271 e. The highest BCUT2D eigenvalue weighted by atomic mass is 16.6. The summed E-state index contributed by atoms with van der Waals surface area (Å²) in [6.45, 7) is -0.134. The van der Waals surface area contributed by atoms with E-state index < -0.39 is 29.5 Å². The lowest BCUT2D eigenvalue weighted by Gasteiger charge is -2.35. The second kappa shape index (κ2) is 5.49. The number of hydrogen-bond donors (Lipinski definition) is 4. The van der Waals surface area contributed by atoms with Gasteiger partial charge in [-0.2, -0.15) is 0 Å². The van der Waals surface area contributed by atoms with E-state index in [-0.39, 0.29) is 12.3 Å². The van der Waals surface area contributed by atoms with E-state index in [0.717, 1.165) is 0 Å². The van der Waals surface area contributed by atoms with Crippen LogP contribution >= 0.6 is 0 Å². The Morgan fingerprint density at radius 1 is 1.32 bits per heavy atom. The van der Waals surface area contributed by atoms with Gasteiger partial charge in [0.15, 0.2) is 6.23 Å². The maximum atomic E-state index is 10.6. The minimum Gasteiger partial charge on any atom is -0.388 e. The number of rotatable bonds is 3. The first-order valence-electron chi connectivity index (χ1n) is 5.66. The van der Waals surface area contributed by atoms with Crippen LogP contribution in [0.25, 0.3) is 0 Å². The van der Waals surface area contributed by atoms with Gasteiger partial charge in [-0.1, -0.05) is 6.07 Å². The van der Waals surface area contributed by atoms with Gasteiger partial charge in [0.2, 0.25) is 0 Å². The van der Waals surface area contributed by atoms with Gasteiger partial charge in [0.1, 0.15) is 18.3 Å². The fourth-order valence-electron chi connectivity index (χ4n) is 1.81. The van der Waals surface area contributed by atoms with E-state index in [4.69, 9.17) is 4.74 Å². The van der Waals surface area contributed by atoms with Gasteiger partial charge in [0.25, 0.3) is 5.69 Å². The Labute approximate surface area is 108 Å². The zero-order valence-electron chi connectivity index (χ0n) is 9.84. The van der Waals surface area contributed by atoms with Crippen LogP contribution < -0.4 is 5.32 Å². The summed E-state index contributed by atoms with van der Waals surface area (Å²) in [6, 6.07) is 5.68. The molecule has 104 valence electrons. The number of non-ortho nitro benzene ring substituents is 1. The van der Waals surface area contributed by atoms with Crippen LogP contribution in [0.1, 0.15) is 0 Å². The van der Waals surface area contributed by atoms with Crippen molar-refractivity contribution < 1.29 is 25.0 Å². The van der Waals surface area contributed by atoms with E-state index in [0.29, 0.717) is 5.69 Å². The van der Waals surface area contributed by atoms with E-state index >= 15 is 0 Å². The zero-order chi connectivity index (χ0) is 14.0. The topological polar surface area (TPSA) is 125 Å². The monoisotopic (exact) mass is 270 g/mol. The molecule has 1 fully saturated rings. The molecule has 2 rings (SSSR count). The van der Waals surface area contributed by atoms with Crippen LogP contribution in [-0.4, -0.2) is 51.4 Å². The number of nitrogens with one attached hydrogen (secondary N) is 1. The Hall–Kier alpha value is -1.74. The van der Waals surface area contributed by atoms with Crippen LogP contribution in [0, 0.1) is 10.1 Å². The van der Waals surface area contributed by atoms with E-state index in [9.17, 15) is 25.4 Å². The fourth-order valence-corrected chi connectivity index (χ4v) is 1.81. The molecule has 4 N–H and O–H groups in total. The molecular weight excluding hydrogens is 256 g/mol. The molecule has 1 aromatic carbocycles. The van der Waals surface area contributed by atoms with Gasteiger partial charge in [-0.3, -0.25) is 10.1 Å². The molecule has 0 unspecified atom stereocenters. The largest absolute Gasteiger partial charge is 0.388 e. The van der Waals surface area contributed by atoms with Crippen LogP contribution in [-0.2, 0) is 4.74 Å². The van der Waals surface area contributed by atoms with Gasteiger partial charge in [-0.15, -0.1) is 0 Å². The van der Waals surface area contributed by atoms with E-state index in [1.807, 2.05) is 0 Å². The Kier molecular flexibility index (Phi) is 3.96. The lowest BCUT2D eigenvalue weighted by atomic mass is 10.0. The van der Waals surface area contributed by atoms with Crippen molar-refractivity contribution in [1.29, 1.82) is 0 Å². The van der Waals surface area contributed by atoms with Crippen LogP contribution in [0.3, 0.4) is 0 Å². The number of nitro benzene ring substituents is 1. The molecule has 0 spiro atoms. The lowest BCUT2D eigenvalue weighted by Crippen LogP contribution is -2.55. The number of ether oxygens (including phenoxy) is 1. The summed E-state index contributed by atoms with van der Waals surface area (Å²) >= 11 is 0. The predicted molar refractivity (Wildman–Crippen MR) is 64.5 cm³/mol. The molecule has 19 heavy (non-hydrogen) atoms. The highest BCUT2D eigenvalue weighted by Gasteiger charge is 2.37. The average Bonchev–Trinajstić information content (AvgIpc) is 2.40. The Morgan fingerprint density at radius 3 is 2.74 bits per heavy atom. The molecule has 8 nitrogen and oxygen atoms in total. The highest BCUT2D eigenvalue weighted by Crippen LogP contribution is 2.21. The molecule has 0 saturated carbocycles. The molecule has 0 bridgehead atoms. The summed E-state index contributed by atoms with van der Waals surface area (Å²) in [5.41, 5.74) is 0.276. The molecule has 0 radical (unpaired) electrons. The van der Waals surface area contributed by atoms with Crippen molar-refractivity contribution in [1.82, 2.24) is 0 Å². The van der Waals surface area contributed by atoms with Crippen LogP contribution in [0.15, 0.2) is 24.3 Å². The highest BCUT2D eigenvalue weighted by molar-refractivity contribution is 5.51. The molecule has 4 atom stereocenters. The number of anilines is 1. The SMILES string of the molecule is O=[N+]([O-])c1cccc(N[C@@H]2OC[C@@H](O)[C@H](O)[C@H]2O)c1. The van der Waals surface area contributed by atoms with Gasteiger partial charge in [0, 0.05) is 17.8 Å². The quantitative estimate of drug-likeness (QED) is 0.428. The van der Waals surface area contributed by atoms with Crippen molar-refractivity contribution in [3.63, 3.8) is 0 Å². The van der Waals surface area contributed by atoms with Crippen LogP contribution in [0.2, 0.25) is 0 Å². The van der Waals surface area contributed by atoms with E-state index in [1.165, 1.54) is 18.2 Å². The zero-order valence-corrected chi connectivity index (χ0v) is 9.84. The number of benzene rings is 1. The summed E-state index contributed by atoms with van der Waals surface area (Å²) in [7, 11) is 0. The van der Waals surface area contributed by atoms with Crippen molar-refractivity contribution in [3.8, 4) is 0 Å². The van der Waals surface area contributed by atoms with Crippen molar-refractivity contribution in [3.05, 3.63) is 34.4 Å². The van der Waals surface area contributed by atoms with E-state index in [2.05, 4.69) is 5.32 Å². The average molecular weight is 270 g/mol. The van der Waals surface area contributed by atoms with Gasteiger partial charge < -0.3 is 25.4 Å². The third-order valence-corrected chi connectivity index (χ3v) is 2.87. The lowest BCUT2D eigenvalue weighted by molar-refractivity contribution is -0.384. The second-order valence-electron chi connectivity index (χ2n) is 4.25. The van der Waals surface area contributed by atoms with Crippen molar-refractivity contribution in [2.75, 3.05) is 11.9 Å². The molecule has 0 aromatic heterocycles. The first-order valence-corrected chi connectivity index (χ1v) is 5.66. The number of aliphatic hydroxyl groups is 3. The number of nitrogens with zero attached hydrogens (tertiary/aromatic N) is 1. The minimum absolute atomic E-state index is 0.101. The summed E-state index contributed by atoms with van der Waals surface area (Å²) in [6.07, 6.45) is -4.76. The minimum atomic E-state index is -1.33.